The maximum absolute atomic E-state index is 2.40. The van der Waals surface area contributed by atoms with Gasteiger partial charge in [-0.2, -0.15) is 0 Å². The van der Waals surface area contributed by atoms with Gasteiger partial charge in [0, 0.05) is 13.7 Å². The summed E-state index contributed by atoms with van der Waals surface area (Å²) in [5.41, 5.74) is 1.35. The maximum atomic E-state index is 2.40. The topological polar surface area (TPSA) is 0 Å². The van der Waals surface area contributed by atoms with Crippen molar-refractivity contribution >= 4 is 66.6 Å². The van der Waals surface area contributed by atoms with E-state index in [1.807, 2.05) is 11.3 Å². The fraction of sp³-hybridized carbons (Fsp3) is 0.111. The fourth-order valence-electron chi connectivity index (χ4n) is 1.19. The third-order valence-corrected chi connectivity index (χ3v) is 4.44. The number of halogens is 2. The van der Waals surface area contributed by atoms with Gasteiger partial charge in [0.15, 0.2) is 0 Å². The summed E-state index contributed by atoms with van der Waals surface area (Å²) in [6.45, 7) is 2.15. The second kappa shape index (κ2) is 3.42. The van der Waals surface area contributed by atoms with E-state index >= 15 is 0 Å². The van der Waals surface area contributed by atoms with Gasteiger partial charge in [0.1, 0.15) is 0 Å². The Morgan fingerprint density at radius 3 is 2.67 bits per heavy atom. The third-order valence-electron chi connectivity index (χ3n) is 1.70. The molecule has 0 bridgehead atoms. The molecular formula is C9H6I2S. The number of hydrogen-bond acceptors (Lipinski definition) is 1. The Labute approximate surface area is 103 Å². The zero-order valence-electron chi connectivity index (χ0n) is 6.40. The van der Waals surface area contributed by atoms with E-state index in [0.717, 1.165) is 0 Å². The molecule has 0 spiro atoms. The van der Waals surface area contributed by atoms with Crippen molar-refractivity contribution < 1.29 is 0 Å². The summed E-state index contributed by atoms with van der Waals surface area (Å²) in [6, 6.07) is 6.73. The number of hydrogen-bond donors (Lipinski definition) is 0. The van der Waals surface area contributed by atoms with Gasteiger partial charge in [-0.25, -0.2) is 0 Å². The molecule has 0 radical (unpaired) electrons. The molecule has 0 atom stereocenters. The highest BCUT2D eigenvalue weighted by atomic mass is 127. The fourth-order valence-corrected chi connectivity index (χ4v) is 4.25. The molecule has 0 aliphatic carbocycles. The van der Waals surface area contributed by atoms with Gasteiger partial charge < -0.3 is 0 Å². The molecule has 0 saturated heterocycles. The lowest BCUT2D eigenvalue weighted by Gasteiger charge is -1.95. The summed E-state index contributed by atoms with van der Waals surface area (Å²) in [4.78, 5) is 0. The number of rotatable bonds is 0. The van der Waals surface area contributed by atoms with Gasteiger partial charge in [-0.05, 0) is 75.9 Å². The Balaban J connectivity index is 2.88. The van der Waals surface area contributed by atoms with Crippen LogP contribution in [0.4, 0.5) is 0 Å². The van der Waals surface area contributed by atoms with Crippen LogP contribution in [0.15, 0.2) is 18.2 Å². The van der Waals surface area contributed by atoms with Crippen LogP contribution in [-0.2, 0) is 0 Å². The van der Waals surface area contributed by atoms with Crippen LogP contribution in [-0.4, -0.2) is 0 Å². The molecule has 62 valence electrons. The summed E-state index contributed by atoms with van der Waals surface area (Å²) in [6.07, 6.45) is 0. The van der Waals surface area contributed by atoms with Crippen molar-refractivity contribution in [1.82, 2.24) is 0 Å². The smallest absolute Gasteiger partial charge is 0.0666 e. The molecule has 3 heteroatoms. The van der Waals surface area contributed by atoms with Crippen molar-refractivity contribution in [3.8, 4) is 0 Å². The first-order valence-electron chi connectivity index (χ1n) is 3.52. The summed E-state index contributed by atoms with van der Waals surface area (Å²) in [5, 5.41) is 1.40. The molecule has 0 aliphatic heterocycles. The van der Waals surface area contributed by atoms with E-state index in [1.54, 1.807) is 0 Å². The highest BCUT2D eigenvalue weighted by molar-refractivity contribution is 14.1. The first-order valence-corrected chi connectivity index (χ1v) is 6.49. The molecule has 12 heavy (non-hydrogen) atoms. The molecule has 0 unspecified atom stereocenters. The molecule has 0 aliphatic rings. The summed E-state index contributed by atoms with van der Waals surface area (Å²) >= 11 is 6.64. The molecule has 1 aromatic carbocycles. The van der Waals surface area contributed by atoms with Gasteiger partial charge >= 0.3 is 0 Å². The lowest BCUT2D eigenvalue weighted by molar-refractivity contribution is 1.50. The van der Waals surface area contributed by atoms with Crippen molar-refractivity contribution in [2.75, 3.05) is 0 Å². The van der Waals surface area contributed by atoms with Crippen LogP contribution in [0.5, 0.6) is 0 Å². The SMILES string of the molecule is Cc1cc(I)c2cc(I)sc2c1. The largest absolute Gasteiger partial charge is 0.129 e. The Kier molecular flexibility index (Phi) is 2.62. The first-order chi connectivity index (χ1) is 5.66. The van der Waals surface area contributed by atoms with Crippen molar-refractivity contribution in [1.29, 1.82) is 0 Å². The van der Waals surface area contributed by atoms with Crippen LogP contribution in [0.25, 0.3) is 10.1 Å². The van der Waals surface area contributed by atoms with Gasteiger partial charge in [-0.1, -0.05) is 0 Å². The summed E-state index contributed by atoms with van der Waals surface area (Å²) in [7, 11) is 0. The van der Waals surface area contributed by atoms with Crippen molar-refractivity contribution in [3.63, 3.8) is 0 Å². The molecule has 2 aromatic rings. The van der Waals surface area contributed by atoms with Crippen molar-refractivity contribution in [2.24, 2.45) is 0 Å². The summed E-state index contributed by atoms with van der Waals surface area (Å²) in [5.74, 6) is 0. The molecule has 0 fully saturated rings. The van der Waals surface area contributed by atoms with Crippen LogP contribution in [0, 0.1) is 13.4 Å². The number of thiophene rings is 1. The molecule has 0 N–H and O–H groups in total. The van der Waals surface area contributed by atoms with E-state index in [4.69, 9.17) is 0 Å². The Morgan fingerprint density at radius 2 is 1.92 bits per heavy atom. The Morgan fingerprint density at radius 1 is 1.17 bits per heavy atom. The second-order valence-electron chi connectivity index (χ2n) is 2.71. The van der Waals surface area contributed by atoms with E-state index in [1.165, 1.54) is 22.1 Å². The molecule has 2 rings (SSSR count). The monoisotopic (exact) mass is 400 g/mol. The number of fused-ring (bicyclic) bond motifs is 1. The average Bonchev–Trinajstić information content (AvgIpc) is 2.29. The maximum Gasteiger partial charge on any atom is 0.0666 e. The Hall–Kier alpha value is 0.640. The zero-order chi connectivity index (χ0) is 8.72. The van der Waals surface area contributed by atoms with Gasteiger partial charge in [0.05, 0.1) is 2.88 Å². The number of benzene rings is 1. The van der Waals surface area contributed by atoms with Crippen LogP contribution in [0.1, 0.15) is 5.56 Å². The molecular weight excluding hydrogens is 394 g/mol. The van der Waals surface area contributed by atoms with Gasteiger partial charge in [0.2, 0.25) is 0 Å². The van der Waals surface area contributed by atoms with E-state index in [-0.39, 0.29) is 0 Å². The summed E-state index contributed by atoms with van der Waals surface area (Å²) < 4.78 is 4.14. The van der Waals surface area contributed by atoms with E-state index in [9.17, 15) is 0 Å². The lowest BCUT2D eigenvalue weighted by atomic mass is 10.2. The van der Waals surface area contributed by atoms with E-state index < -0.39 is 0 Å². The van der Waals surface area contributed by atoms with E-state index in [2.05, 4.69) is 70.3 Å². The molecule has 1 aromatic heterocycles. The van der Waals surface area contributed by atoms with Crippen molar-refractivity contribution in [2.45, 2.75) is 6.92 Å². The van der Waals surface area contributed by atoms with Crippen LogP contribution in [0.2, 0.25) is 0 Å². The number of aryl methyl sites for hydroxylation is 1. The van der Waals surface area contributed by atoms with Gasteiger partial charge in [0.25, 0.3) is 0 Å². The zero-order valence-corrected chi connectivity index (χ0v) is 11.5. The minimum atomic E-state index is 1.35. The van der Waals surface area contributed by atoms with E-state index in [0.29, 0.717) is 0 Å². The highest BCUT2D eigenvalue weighted by Crippen LogP contribution is 2.31. The minimum absolute atomic E-state index is 1.35. The predicted molar refractivity (Wildman–Crippen MR) is 72.0 cm³/mol. The third kappa shape index (κ3) is 1.63. The predicted octanol–water partition coefficient (Wildman–Crippen LogP) is 4.42. The lowest BCUT2D eigenvalue weighted by Crippen LogP contribution is -1.75. The van der Waals surface area contributed by atoms with Gasteiger partial charge in [-0.3, -0.25) is 0 Å². The molecule has 1 heterocycles. The average molecular weight is 400 g/mol. The van der Waals surface area contributed by atoms with Crippen LogP contribution >= 0.6 is 56.5 Å². The standard InChI is InChI=1S/C9H6I2S/c1-5-2-7(10)6-4-9(11)12-8(6)3-5/h2-4H,1H3. The highest BCUT2D eigenvalue weighted by Gasteiger charge is 2.03. The first kappa shape index (κ1) is 9.21. The quantitative estimate of drug-likeness (QED) is 0.575. The molecule has 0 saturated carbocycles. The molecule has 0 amide bonds. The Bertz CT molecular complexity index is 431. The van der Waals surface area contributed by atoms with Crippen LogP contribution < -0.4 is 0 Å². The molecule has 0 nitrogen and oxygen atoms in total. The normalized spacial score (nSPS) is 10.9. The van der Waals surface area contributed by atoms with Gasteiger partial charge in [-0.15, -0.1) is 11.3 Å². The van der Waals surface area contributed by atoms with Crippen molar-refractivity contribution in [3.05, 3.63) is 30.2 Å². The van der Waals surface area contributed by atoms with Crippen LogP contribution in [0.3, 0.4) is 0 Å². The second-order valence-corrected chi connectivity index (χ2v) is 6.85. The minimum Gasteiger partial charge on any atom is -0.129 e.